The van der Waals surface area contributed by atoms with Crippen LogP contribution in [0, 0.1) is 0 Å². The number of hydrogen-bond donors (Lipinski definition) is 0. The van der Waals surface area contributed by atoms with E-state index >= 15 is 0 Å². The molecular formula is C12H8N2O4Zn. The molecular weight excluding hydrogens is 302 g/mol. The standard InChI is InChI=1S/2C6H5NO2.Zn/c2*8-6(9)5-3-1-2-4-7-5;/h2*1-4H,(H,8,9);/q;;+2/p-2. The third kappa shape index (κ3) is 6.38. The summed E-state index contributed by atoms with van der Waals surface area (Å²) in [7, 11) is 0. The molecule has 0 saturated heterocycles. The number of hydrogen-bond acceptors (Lipinski definition) is 6. The summed E-state index contributed by atoms with van der Waals surface area (Å²) in [4.78, 5) is 27.1. The molecule has 92 valence electrons. The topological polar surface area (TPSA) is 106 Å². The molecule has 6 nitrogen and oxygen atoms in total. The van der Waals surface area contributed by atoms with Crippen molar-refractivity contribution in [2.45, 2.75) is 0 Å². The van der Waals surface area contributed by atoms with Gasteiger partial charge in [-0.15, -0.1) is 0 Å². The molecule has 7 heteroatoms. The first-order chi connectivity index (χ1) is 8.61. The van der Waals surface area contributed by atoms with Gasteiger partial charge >= 0.3 is 19.5 Å². The van der Waals surface area contributed by atoms with Crippen LogP contribution in [0.4, 0.5) is 0 Å². The van der Waals surface area contributed by atoms with Crippen molar-refractivity contribution in [3.8, 4) is 0 Å². The Morgan fingerprint density at radius 1 is 0.789 bits per heavy atom. The van der Waals surface area contributed by atoms with Gasteiger partial charge < -0.3 is 19.8 Å². The van der Waals surface area contributed by atoms with Crippen LogP contribution in [0.25, 0.3) is 0 Å². The summed E-state index contributed by atoms with van der Waals surface area (Å²) in [5.41, 5.74) is -0.0602. The number of rotatable bonds is 2. The second kappa shape index (κ2) is 8.88. The molecule has 2 aromatic heterocycles. The molecule has 19 heavy (non-hydrogen) atoms. The Labute approximate surface area is 121 Å². The monoisotopic (exact) mass is 308 g/mol. The normalized spacial score (nSPS) is 8.42. The molecule has 0 aromatic carbocycles. The van der Waals surface area contributed by atoms with Gasteiger partial charge in [-0.25, -0.2) is 0 Å². The molecule has 0 bridgehead atoms. The van der Waals surface area contributed by atoms with E-state index in [4.69, 9.17) is 0 Å². The van der Waals surface area contributed by atoms with Crippen molar-refractivity contribution >= 4 is 11.9 Å². The second-order valence-electron chi connectivity index (χ2n) is 3.00. The van der Waals surface area contributed by atoms with Crippen LogP contribution in [0.5, 0.6) is 0 Å². The fourth-order valence-corrected chi connectivity index (χ4v) is 0.967. The molecule has 0 spiro atoms. The van der Waals surface area contributed by atoms with Gasteiger partial charge in [0.25, 0.3) is 0 Å². The summed E-state index contributed by atoms with van der Waals surface area (Å²) >= 11 is 0. The number of nitrogens with zero attached hydrogens (tertiary/aromatic N) is 2. The summed E-state index contributed by atoms with van der Waals surface area (Å²) in [6, 6.07) is 9.25. The van der Waals surface area contributed by atoms with Gasteiger partial charge in [-0.2, -0.15) is 0 Å². The Kier molecular flexibility index (Phi) is 7.88. The molecule has 0 fully saturated rings. The molecule has 0 aliphatic carbocycles. The smallest absolute Gasteiger partial charge is 0.543 e. The van der Waals surface area contributed by atoms with E-state index in [2.05, 4.69) is 9.97 Å². The maximum absolute atomic E-state index is 10.0. The van der Waals surface area contributed by atoms with Crippen molar-refractivity contribution in [3.63, 3.8) is 0 Å². The summed E-state index contributed by atoms with van der Waals surface area (Å²) in [6.45, 7) is 0. The average Bonchev–Trinajstić information content (AvgIpc) is 2.41. The maximum atomic E-state index is 10.0. The van der Waals surface area contributed by atoms with E-state index in [-0.39, 0.29) is 30.9 Å². The minimum Gasteiger partial charge on any atom is -0.543 e. The molecule has 0 amide bonds. The van der Waals surface area contributed by atoms with Crippen molar-refractivity contribution in [1.29, 1.82) is 0 Å². The van der Waals surface area contributed by atoms with E-state index in [0.717, 1.165) is 0 Å². The SMILES string of the molecule is O=C([O-])c1ccccn1.O=C([O-])c1ccccn1.[Zn+2]. The number of aromatic carboxylic acids is 2. The van der Waals surface area contributed by atoms with Gasteiger partial charge in [0, 0.05) is 12.4 Å². The number of aromatic nitrogens is 2. The molecule has 2 aromatic rings. The molecule has 0 saturated carbocycles. The zero-order valence-corrected chi connectivity index (χ0v) is 12.8. The van der Waals surface area contributed by atoms with Crippen LogP contribution in [0.15, 0.2) is 48.8 Å². The Morgan fingerprint density at radius 3 is 1.32 bits per heavy atom. The minimum absolute atomic E-state index is 0. The first-order valence-corrected chi connectivity index (χ1v) is 4.86. The average molecular weight is 310 g/mol. The van der Waals surface area contributed by atoms with E-state index < -0.39 is 11.9 Å². The Bertz CT molecular complexity index is 470. The number of carbonyl (C=O) groups excluding carboxylic acids is 2. The van der Waals surface area contributed by atoms with Crippen LogP contribution >= 0.6 is 0 Å². The molecule has 0 unspecified atom stereocenters. The van der Waals surface area contributed by atoms with Gasteiger partial charge in [0.05, 0.1) is 23.3 Å². The van der Waals surface area contributed by atoms with Gasteiger partial charge in [0.2, 0.25) is 0 Å². The molecule has 2 rings (SSSR count). The number of carboxylic acid groups (broad SMARTS) is 2. The van der Waals surface area contributed by atoms with E-state index in [9.17, 15) is 19.8 Å². The van der Waals surface area contributed by atoms with Crippen molar-refractivity contribution in [2.24, 2.45) is 0 Å². The summed E-state index contributed by atoms with van der Waals surface area (Å²) in [6.07, 6.45) is 2.82. The summed E-state index contributed by atoms with van der Waals surface area (Å²) in [5, 5.41) is 20.1. The third-order valence-electron chi connectivity index (χ3n) is 1.75. The molecule has 0 atom stereocenters. The van der Waals surface area contributed by atoms with Crippen molar-refractivity contribution in [3.05, 3.63) is 60.2 Å². The van der Waals surface area contributed by atoms with Gasteiger partial charge in [-0.3, -0.25) is 9.97 Å². The van der Waals surface area contributed by atoms with Crippen LogP contribution < -0.4 is 10.2 Å². The van der Waals surface area contributed by atoms with E-state index in [1.165, 1.54) is 24.5 Å². The fourth-order valence-electron chi connectivity index (χ4n) is 0.967. The Hall–Kier alpha value is -2.14. The molecule has 0 aliphatic heterocycles. The quantitative estimate of drug-likeness (QED) is 0.651. The number of pyridine rings is 2. The predicted molar refractivity (Wildman–Crippen MR) is 57.1 cm³/mol. The zero-order valence-electron chi connectivity index (χ0n) is 9.85. The molecule has 0 aliphatic rings. The van der Waals surface area contributed by atoms with Crippen molar-refractivity contribution < 1.29 is 39.3 Å². The van der Waals surface area contributed by atoms with Gasteiger partial charge in [0.15, 0.2) is 0 Å². The maximum Gasteiger partial charge on any atom is 2.00 e. The van der Waals surface area contributed by atoms with Crippen molar-refractivity contribution in [2.75, 3.05) is 0 Å². The fraction of sp³-hybridized carbons (Fsp3) is 0. The first-order valence-electron chi connectivity index (χ1n) is 4.86. The van der Waals surface area contributed by atoms with Crippen LogP contribution in [0.2, 0.25) is 0 Å². The number of carbonyl (C=O) groups is 2. The van der Waals surface area contributed by atoms with E-state index in [1.54, 1.807) is 24.3 Å². The van der Waals surface area contributed by atoms with E-state index in [1.807, 2.05) is 0 Å². The third-order valence-corrected chi connectivity index (χ3v) is 1.75. The van der Waals surface area contributed by atoms with Crippen LogP contribution in [-0.2, 0) is 19.5 Å². The molecule has 2 heterocycles. The van der Waals surface area contributed by atoms with Crippen LogP contribution in [0.3, 0.4) is 0 Å². The minimum atomic E-state index is -1.24. The Balaban J connectivity index is 0.000000324. The van der Waals surface area contributed by atoms with Gasteiger partial charge in [-0.1, -0.05) is 12.1 Å². The Morgan fingerprint density at radius 2 is 1.16 bits per heavy atom. The number of carboxylic acids is 2. The van der Waals surface area contributed by atoms with Crippen molar-refractivity contribution in [1.82, 2.24) is 9.97 Å². The largest absolute Gasteiger partial charge is 2.00 e. The summed E-state index contributed by atoms with van der Waals surface area (Å²) in [5.74, 6) is -2.48. The summed E-state index contributed by atoms with van der Waals surface area (Å²) < 4.78 is 0. The van der Waals surface area contributed by atoms with E-state index in [0.29, 0.717) is 0 Å². The molecule has 0 N–H and O–H groups in total. The zero-order chi connectivity index (χ0) is 13.4. The predicted octanol–water partition coefficient (Wildman–Crippen LogP) is -1.11. The first kappa shape index (κ1) is 16.9. The van der Waals surface area contributed by atoms with Crippen LogP contribution in [-0.4, -0.2) is 21.9 Å². The molecule has 0 radical (unpaired) electrons. The van der Waals surface area contributed by atoms with Crippen LogP contribution in [0.1, 0.15) is 21.0 Å². The van der Waals surface area contributed by atoms with Gasteiger partial charge in [-0.05, 0) is 24.3 Å². The van der Waals surface area contributed by atoms with Gasteiger partial charge in [0.1, 0.15) is 0 Å². The second-order valence-corrected chi connectivity index (χ2v) is 3.00.